The Morgan fingerprint density at radius 1 is 1.03 bits per heavy atom. The second-order valence-corrected chi connectivity index (χ2v) is 7.81. The van der Waals surface area contributed by atoms with Crippen molar-refractivity contribution in [1.29, 1.82) is 5.26 Å². The number of likely N-dealkylation sites (N-methyl/N-ethyl adjacent to an activating group) is 1. The van der Waals surface area contributed by atoms with E-state index in [0.717, 1.165) is 35.2 Å². The molecule has 29 heavy (non-hydrogen) atoms. The summed E-state index contributed by atoms with van der Waals surface area (Å²) >= 11 is 1.77. The fourth-order valence-electron chi connectivity index (χ4n) is 3.11. The van der Waals surface area contributed by atoms with E-state index in [9.17, 15) is 5.26 Å². The van der Waals surface area contributed by atoms with E-state index in [2.05, 4.69) is 60.7 Å². The third-order valence-electron chi connectivity index (χ3n) is 4.50. The number of rotatable bonds is 5. The van der Waals surface area contributed by atoms with Crippen LogP contribution in [-0.2, 0) is 0 Å². The van der Waals surface area contributed by atoms with Gasteiger partial charge in [-0.25, -0.2) is 4.98 Å². The zero-order valence-electron chi connectivity index (χ0n) is 17.4. The molecule has 4 nitrogen and oxygen atoms in total. The number of pyridine rings is 1. The normalized spacial score (nSPS) is 10.6. The van der Waals surface area contributed by atoms with Crippen LogP contribution in [0.3, 0.4) is 0 Å². The van der Waals surface area contributed by atoms with Crippen LogP contribution in [0, 0.1) is 11.3 Å². The number of nitriles is 1. The van der Waals surface area contributed by atoms with Gasteiger partial charge in [0.05, 0.1) is 17.1 Å². The molecule has 2 aromatic carbocycles. The molecule has 0 radical (unpaired) electrons. The Hall–Kier alpha value is -2.94. The standard InChI is InChI=1S/C22H20N4S.C2H6/c1-26(2)11-10-24-22-18-13-20(16-6-4-3-5-7-16)27-21(18)17-9-8-15(14-23)12-19(17)25-22;1-2/h3-9,12-13H,10-11H2,1-2H3,(H,24,25);1-2H3. The maximum Gasteiger partial charge on any atom is 0.135 e. The smallest absolute Gasteiger partial charge is 0.135 e. The summed E-state index contributed by atoms with van der Waals surface area (Å²) in [4.78, 5) is 8.20. The molecule has 0 saturated heterocycles. The van der Waals surface area contributed by atoms with Gasteiger partial charge in [0.15, 0.2) is 0 Å². The third kappa shape index (κ3) is 4.56. The number of nitrogens with zero attached hydrogens (tertiary/aromatic N) is 3. The molecule has 0 aliphatic carbocycles. The van der Waals surface area contributed by atoms with Gasteiger partial charge in [-0.1, -0.05) is 50.2 Å². The fourth-order valence-corrected chi connectivity index (χ4v) is 4.31. The summed E-state index contributed by atoms with van der Waals surface area (Å²) in [5.41, 5.74) is 2.70. The van der Waals surface area contributed by atoms with E-state index >= 15 is 0 Å². The maximum absolute atomic E-state index is 9.24. The molecular weight excluding hydrogens is 376 g/mol. The Morgan fingerprint density at radius 2 is 1.79 bits per heavy atom. The van der Waals surface area contributed by atoms with Crippen molar-refractivity contribution in [2.75, 3.05) is 32.5 Å². The number of hydrogen-bond donors (Lipinski definition) is 1. The highest BCUT2D eigenvalue weighted by Gasteiger charge is 2.14. The van der Waals surface area contributed by atoms with Crippen LogP contribution >= 0.6 is 11.3 Å². The minimum Gasteiger partial charge on any atom is -0.368 e. The van der Waals surface area contributed by atoms with Crippen molar-refractivity contribution < 1.29 is 0 Å². The van der Waals surface area contributed by atoms with Crippen molar-refractivity contribution in [3.63, 3.8) is 0 Å². The Labute approximate surface area is 176 Å². The van der Waals surface area contributed by atoms with Crippen molar-refractivity contribution in [2.24, 2.45) is 0 Å². The van der Waals surface area contributed by atoms with Crippen LogP contribution in [-0.4, -0.2) is 37.1 Å². The summed E-state index contributed by atoms with van der Waals surface area (Å²) in [6.07, 6.45) is 0. The Bertz CT molecular complexity index is 1140. The van der Waals surface area contributed by atoms with Gasteiger partial charge in [0.2, 0.25) is 0 Å². The van der Waals surface area contributed by atoms with E-state index in [1.165, 1.54) is 15.1 Å². The quantitative estimate of drug-likeness (QED) is 0.446. The molecule has 1 N–H and O–H groups in total. The first-order valence-corrected chi connectivity index (χ1v) is 10.7. The Balaban J connectivity index is 0.00000117. The average Bonchev–Trinajstić information content (AvgIpc) is 3.21. The molecule has 0 fully saturated rings. The van der Waals surface area contributed by atoms with Gasteiger partial charge in [-0.3, -0.25) is 0 Å². The summed E-state index contributed by atoms with van der Waals surface area (Å²) < 4.78 is 1.20. The molecule has 148 valence electrons. The molecule has 0 aliphatic heterocycles. The molecule has 2 heterocycles. The SMILES string of the molecule is CC.CN(C)CCNc1nc2cc(C#N)ccc2c2sc(-c3ccccc3)cc12. The molecule has 0 amide bonds. The Kier molecular flexibility index (Phi) is 6.82. The highest BCUT2D eigenvalue weighted by atomic mass is 32.1. The lowest BCUT2D eigenvalue weighted by molar-refractivity contribution is 0.425. The number of benzene rings is 2. The summed E-state index contributed by atoms with van der Waals surface area (Å²) in [7, 11) is 4.12. The van der Waals surface area contributed by atoms with Crippen molar-refractivity contribution in [1.82, 2.24) is 9.88 Å². The van der Waals surface area contributed by atoms with Crippen molar-refractivity contribution in [2.45, 2.75) is 13.8 Å². The van der Waals surface area contributed by atoms with Gasteiger partial charge in [-0.2, -0.15) is 5.26 Å². The molecule has 0 unspecified atom stereocenters. The highest BCUT2D eigenvalue weighted by molar-refractivity contribution is 7.23. The maximum atomic E-state index is 9.24. The molecule has 0 saturated carbocycles. The molecule has 0 bridgehead atoms. The van der Waals surface area contributed by atoms with Gasteiger partial charge in [-0.05, 0) is 37.9 Å². The highest BCUT2D eigenvalue weighted by Crippen LogP contribution is 2.40. The van der Waals surface area contributed by atoms with Crippen molar-refractivity contribution in [3.8, 4) is 16.5 Å². The van der Waals surface area contributed by atoms with Gasteiger partial charge in [-0.15, -0.1) is 11.3 Å². The lowest BCUT2D eigenvalue weighted by Crippen LogP contribution is -2.21. The second kappa shape index (κ2) is 9.51. The van der Waals surface area contributed by atoms with Crippen molar-refractivity contribution >= 4 is 38.1 Å². The zero-order chi connectivity index (χ0) is 20.8. The first-order valence-electron chi connectivity index (χ1n) is 9.87. The van der Waals surface area contributed by atoms with E-state index < -0.39 is 0 Å². The van der Waals surface area contributed by atoms with E-state index in [-0.39, 0.29) is 0 Å². The fraction of sp³-hybridized carbons (Fsp3) is 0.250. The molecule has 0 atom stereocenters. The van der Waals surface area contributed by atoms with Crippen LogP contribution in [0.2, 0.25) is 0 Å². The van der Waals surface area contributed by atoms with Gasteiger partial charge in [0.1, 0.15) is 5.82 Å². The molecule has 0 aliphatic rings. The molecule has 0 spiro atoms. The van der Waals surface area contributed by atoms with Crippen molar-refractivity contribution in [3.05, 3.63) is 60.2 Å². The minimum atomic E-state index is 0.633. The Morgan fingerprint density at radius 3 is 2.48 bits per heavy atom. The van der Waals surface area contributed by atoms with Crippen LogP contribution in [0.25, 0.3) is 31.4 Å². The van der Waals surface area contributed by atoms with Gasteiger partial charge in [0.25, 0.3) is 0 Å². The van der Waals surface area contributed by atoms with E-state index in [1.54, 1.807) is 11.3 Å². The molecule has 2 aromatic heterocycles. The predicted molar refractivity (Wildman–Crippen MR) is 126 cm³/mol. The largest absolute Gasteiger partial charge is 0.368 e. The van der Waals surface area contributed by atoms with E-state index in [4.69, 9.17) is 4.98 Å². The first-order chi connectivity index (χ1) is 14.2. The zero-order valence-corrected chi connectivity index (χ0v) is 18.2. The lowest BCUT2D eigenvalue weighted by Gasteiger charge is -2.12. The number of hydrogen-bond acceptors (Lipinski definition) is 5. The summed E-state index contributed by atoms with van der Waals surface area (Å²) in [6, 6.07) is 20.6. The van der Waals surface area contributed by atoms with E-state index in [1.807, 2.05) is 38.1 Å². The summed E-state index contributed by atoms with van der Waals surface area (Å²) in [6.45, 7) is 5.74. The first kappa shape index (κ1) is 20.8. The minimum absolute atomic E-state index is 0.633. The molecular formula is C24H26N4S. The van der Waals surface area contributed by atoms with Crippen LogP contribution in [0.15, 0.2) is 54.6 Å². The van der Waals surface area contributed by atoms with Crippen LogP contribution in [0.1, 0.15) is 19.4 Å². The number of thiophene rings is 1. The number of fused-ring (bicyclic) bond motifs is 3. The third-order valence-corrected chi connectivity index (χ3v) is 5.72. The van der Waals surface area contributed by atoms with Gasteiger partial charge >= 0.3 is 0 Å². The monoisotopic (exact) mass is 402 g/mol. The molecule has 4 rings (SSSR count). The topological polar surface area (TPSA) is 52.0 Å². The molecule has 4 aromatic rings. The van der Waals surface area contributed by atoms with Gasteiger partial charge in [0, 0.05) is 33.4 Å². The lowest BCUT2D eigenvalue weighted by atomic mass is 10.1. The average molecular weight is 403 g/mol. The number of nitrogens with one attached hydrogen (secondary N) is 1. The number of aromatic nitrogens is 1. The van der Waals surface area contributed by atoms with E-state index in [0.29, 0.717) is 5.56 Å². The van der Waals surface area contributed by atoms with Crippen LogP contribution < -0.4 is 5.32 Å². The van der Waals surface area contributed by atoms with Gasteiger partial charge < -0.3 is 10.2 Å². The van der Waals surface area contributed by atoms with Crippen LogP contribution in [0.4, 0.5) is 5.82 Å². The van der Waals surface area contributed by atoms with Crippen LogP contribution in [0.5, 0.6) is 0 Å². The summed E-state index contributed by atoms with van der Waals surface area (Å²) in [5, 5.41) is 14.9. The number of anilines is 1. The molecule has 5 heteroatoms. The second-order valence-electron chi connectivity index (χ2n) is 6.75. The predicted octanol–water partition coefficient (Wildman–Crippen LogP) is 5.99. The summed E-state index contributed by atoms with van der Waals surface area (Å²) in [5.74, 6) is 0.882.